The Morgan fingerprint density at radius 2 is 1.90 bits per heavy atom. The van der Waals surface area contributed by atoms with E-state index >= 15 is 0 Å². The first-order chi connectivity index (χ1) is 14.3. The molecule has 4 aromatic rings. The molecule has 1 aliphatic heterocycles. The van der Waals surface area contributed by atoms with Gasteiger partial charge in [0.05, 0.1) is 18.1 Å². The van der Waals surface area contributed by atoms with Gasteiger partial charge in [-0.05, 0) is 23.3 Å². The monoisotopic (exact) mass is 400 g/mol. The molecule has 1 aliphatic rings. The normalized spacial score (nSPS) is 15.7. The molecule has 5 nitrogen and oxygen atoms in total. The third kappa shape index (κ3) is 2.94. The fourth-order valence-electron chi connectivity index (χ4n) is 3.62. The lowest BCUT2D eigenvalue weighted by Crippen LogP contribution is -2.27. The average Bonchev–Trinajstić information content (AvgIpc) is 3.45. The number of pyridine rings is 1. The Kier molecular flexibility index (Phi) is 4.26. The van der Waals surface area contributed by atoms with Crippen LogP contribution in [0.5, 0.6) is 0 Å². The Morgan fingerprint density at radius 1 is 1.07 bits per heavy atom. The van der Waals surface area contributed by atoms with Crippen molar-refractivity contribution in [1.82, 2.24) is 4.98 Å². The number of hydrogen-bond acceptors (Lipinski definition) is 6. The highest BCUT2D eigenvalue weighted by Gasteiger charge is 2.31. The van der Waals surface area contributed by atoms with E-state index in [1.807, 2.05) is 41.8 Å². The molecule has 2 N–H and O–H groups in total. The van der Waals surface area contributed by atoms with Crippen LogP contribution in [0.2, 0.25) is 0 Å². The summed E-state index contributed by atoms with van der Waals surface area (Å²) in [5.74, 6) is 0.110. The topological polar surface area (TPSA) is 75.4 Å². The number of fused-ring (bicyclic) bond motifs is 1. The molecular weight excluding hydrogens is 384 g/mol. The molecule has 0 spiro atoms. The molecule has 1 atom stereocenters. The highest BCUT2D eigenvalue weighted by Crippen LogP contribution is 2.46. The van der Waals surface area contributed by atoms with Crippen LogP contribution in [0, 0.1) is 0 Å². The molecule has 0 saturated carbocycles. The lowest BCUT2D eigenvalue weighted by atomic mass is 9.91. The Morgan fingerprint density at radius 3 is 2.59 bits per heavy atom. The maximum Gasteiger partial charge on any atom is 0.146 e. The molecule has 0 bridgehead atoms. The van der Waals surface area contributed by atoms with E-state index in [-0.39, 0.29) is 5.76 Å². The summed E-state index contributed by atoms with van der Waals surface area (Å²) < 4.78 is 5.16. The van der Waals surface area contributed by atoms with Crippen molar-refractivity contribution in [3.05, 3.63) is 83.9 Å². The van der Waals surface area contributed by atoms with Crippen LogP contribution in [0.1, 0.15) is 11.1 Å². The van der Waals surface area contributed by atoms with E-state index < -0.39 is 6.04 Å². The Hall–Kier alpha value is -3.64. The number of aliphatic hydroxyl groups excluding tert-OH is 1. The van der Waals surface area contributed by atoms with E-state index in [1.54, 1.807) is 31.0 Å². The number of hydrogen-bond donors (Lipinski definition) is 2. The molecular formula is C23H16N2O3S. The van der Waals surface area contributed by atoms with E-state index in [2.05, 4.69) is 10.3 Å². The number of anilines is 1. The van der Waals surface area contributed by atoms with Crippen molar-refractivity contribution in [2.45, 2.75) is 6.04 Å². The summed E-state index contributed by atoms with van der Waals surface area (Å²) in [6.45, 7) is 0. The van der Waals surface area contributed by atoms with Gasteiger partial charge in [-0.15, -0.1) is 11.3 Å². The first-order valence-electron chi connectivity index (χ1n) is 9.06. The largest absolute Gasteiger partial charge is 0.507 e. The Balaban J connectivity index is 1.61. The SMILES string of the molecule is O=CC1Nc2scc(-c3ccc(-c4ccoc4)cc3)c2C(O)=C1c1cccnc1. The summed E-state index contributed by atoms with van der Waals surface area (Å²) in [5, 5.41) is 17.2. The minimum Gasteiger partial charge on any atom is -0.507 e. The van der Waals surface area contributed by atoms with Crippen LogP contribution in [0.25, 0.3) is 33.6 Å². The molecule has 0 aliphatic carbocycles. The molecule has 1 aromatic carbocycles. The second-order valence-electron chi connectivity index (χ2n) is 6.70. The molecule has 3 aromatic heterocycles. The predicted octanol–water partition coefficient (Wildman–Crippen LogP) is 5.49. The van der Waals surface area contributed by atoms with Gasteiger partial charge in [-0.25, -0.2) is 0 Å². The summed E-state index contributed by atoms with van der Waals surface area (Å²) in [7, 11) is 0. The molecule has 0 saturated heterocycles. The van der Waals surface area contributed by atoms with E-state index in [4.69, 9.17) is 4.42 Å². The molecule has 142 valence electrons. The number of rotatable bonds is 4. The van der Waals surface area contributed by atoms with Gasteiger partial charge in [-0.3, -0.25) is 4.98 Å². The summed E-state index contributed by atoms with van der Waals surface area (Å²) in [5.41, 5.74) is 5.94. The molecule has 4 heterocycles. The van der Waals surface area contributed by atoms with Gasteiger partial charge < -0.3 is 19.6 Å². The van der Waals surface area contributed by atoms with Crippen LogP contribution in [-0.4, -0.2) is 22.4 Å². The maximum atomic E-state index is 11.7. The van der Waals surface area contributed by atoms with E-state index in [1.165, 1.54) is 11.3 Å². The van der Waals surface area contributed by atoms with Crippen LogP contribution >= 0.6 is 11.3 Å². The van der Waals surface area contributed by atoms with Crippen molar-refractivity contribution in [3.63, 3.8) is 0 Å². The second kappa shape index (κ2) is 7.07. The summed E-state index contributed by atoms with van der Waals surface area (Å²) in [4.78, 5) is 15.8. The third-order valence-electron chi connectivity index (χ3n) is 5.04. The van der Waals surface area contributed by atoms with Gasteiger partial charge in [0.25, 0.3) is 0 Å². The number of thiophene rings is 1. The van der Waals surface area contributed by atoms with Crippen LogP contribution in [-0.2, 0) is 4.79 Å². The highest BCUT2D eigenvalue weighted by molar-refractivity contribution is 7.15. The zero-order valence-electron chi connectivity index (χ0n) is 15.2. The molecule has 0 amide bonds. The van der Waals surface area contributed by atoms with Crippen molar-refractivity contribution >= 4 is 34.0 Å². The number of furan rings is 1. The molecule has 5 rings (SSSR count). The predicted molar refractivity (Wildman–Crippen MR) is 115 cm³/mol. The van der Waals surface area contributed by atoms with Gasteiger partial charge in [-0.2, -0.15) is 0 Å². The number of nitrogens with one attached hydrogen (secondary N) is 1. The summed E-state index contributed by atoms with van der Waals surface area (Å²) >= 11 is 1.47. The lowest BCUT2D eigenvalue weighted by molar-refractivity contribution is -0.107. The third-order valence-corrected chi connectivity index (χ3v) is 5.95. The van der Waals surface area contributed by atoms with Crippen molar-refractivity contribution in [2.24, 2.45) is 0 Å². The van der Waals surface area contributed by atoms with Gasteiger partial charge >= 0.3 is 0 Å². The van der Waals surface area contributed by atoms with Gasteiger partial charge in [0.1, 0.15) is 23.1 Å². The van der Waals surface area contributed by atoms with Gasteiger partial charge in [0, 0.05) is 40.0 Å². The number of aliphatic hydroxyl groups is 1. The van der Waals surface area contributed by atoms with E-state index in [0.717, 1.165) is 33.5 Å². The smallest absolute Gasteiger partial charge is 0.146 e. The second-order valence-corrected chi connectivity index (χ2v) is 7.58. The summed E-state index contributed by atoms with van der Waals surface area (Å²) in [6.07, 6.45) is 7.48. The number of carbonyl (C=O) groups is 1. The summed E-state index contributed by atoms with van der Waals surface area (Å²) in [6, 6.07) is 13.0. The van der Waals surface area contributed by atoms with Crippen LogP contribution in [0.4, 0.5) is 5.00 Å². The Bertz CT molecular complexity index is 1190. The lowest BCUT2D eigenvalue weighted by Gasteiger charge is -2.25. The van der Waals surface area contributed by atoms with Crippen molar-refractivity contribution < 1.29 is 14.3 Å². The van der Waals surface area contributed by atoms with Crippen molar-refractivity contribution in [3.8, 4) is 22.3 Å². The first kappa shape index (κ1) is 17.5. The number of benzene rings is 1. The Labute approximate surface area is 171 Å². The van der Waals surface area contributed by atoms with Gasteiger partial charge in [0.15, 0.2) is 0 Å². The minimum absolute atomic E-state index is 0.110. The molecule has 0 radical (unpaired) electrons. The number of aldehydes is 1. The zero-order chi connectivity index (χ0) is 19.8. The number of nitrogens with zero attached hydrogens (tertiary/aromatic N) is 1. The zero-order valence-corrected chi connectivity index (χ0v) is 16.0. The molecule has 0 fully saturated rings. The van der Waals surface area contributed by atoms with Gasteiger partial charge in [-0.1, -0.05) is 30.3 Å². The van der Waals surface area contributed by atoms with Crippen molar-refractivity contribution in [2.75, 3.05) is 5.32 Å². The van der Waals surface area contributed by atoms with Crippen LogP contribution in [0.15, 0.2) is 77.2 Å². The quantitative estimate of drug-likeness (QED) is 0.443. The first-order valence-corrected chi connectivity index (χ1v) is 9.94. The number of aromatic nitrogens is 1. The molecule has 6 heteroatoms. The fourth-order valence-corrected chi connectivity index (χ4v) is 4.63. The van der Waals surface area contributed by atoms with Crippen LogP contribution < -0.4 is 5.32 Å². The number of carbonyl (C=O) groups excluding carboxylic acids is 1. The molecule has 29 heavy (non-hydrogen) atoms. The highest BCUT2D eigenvalue weighted by atomic mass is 32.1. The maximum absolute atomic E-state index is 11.7. The van der Waals surface area contributed by atoms with Crippen molar-refractivity contribution in [1.29, 1.82) is 0 Å². The standard InChI is InChI=1S/C23H16N2O3S/c26-11-19-20(16-2-1-8-24-10-16)22(27)21-18(13-29-23(21)25-19)15-5-3-14(4-6-15)17-7-9-28-12-17/h1-13,19,25,27H. The van der Waals surface area contributed by atoms with E-state index in [9.17, 15) is 9.90 Å². The average molecular weight is 400 g/mol. The minimum atomic E-state index is -0.623. The van der Waals surface area contributed by atoms with Gasteiger partial charge in [0.2, 0.25) is 0 Å². The fraction of sp³-hybridized carbons (Fsp3) is 0.0435. The molecule has 1 unspecified atom stereocenters. The van der Waals surface area contributed by atoms with E-state index in [0.29, 0.717) is 16.7 Å². The van der Waals surface area contributed by atoms with Crippen LogP contribution in [0.3, 0.4) is 0 Å².